The second kappa shape index (κ2) is 8.47. The van der Waals surface area contributed by atoms with E-state index in [9.17, 15) is 4.79 Å². The van der Waals surface area contributed by atoms with E-state index in [1.165, 1.54) is 11.6 Å². The van der Waals surface area contributed by atoms with Crippen LogP contribution in [0.15, 0.2) is 49.1 Å². The normalized spacial score (nSPS) is 8.69. The lowest BCUT2D eigenvalue weighted by Crippen LogP contribution is -1.63. The Balaban J connectivity index is 0.000000252. The molecule has 0 aliphatic rings. The lowest BCUT2D eigenvalue weighted by Gasteiger charge is -1.85. The van der Waals surface area contributed by atoms with Gasteiger partial charge < -0.3 is 0 Å². The summed E-state index contributed by atoms with van der Waals surface area (Å²) in [6.45, 7) is 5.43. The van der Waals surface area contributed by atoms with Gasteiger partial charge >= 0.3 is 0 Å². The smallest absolute Gasteiger partial charge is 0.142 e. The first-order chi connectivity index (χ1) is 6.35. The molecule has 68 valence electrons. The van der Waals surface area contributed by atoms with Crippen LogP contribution in [0.5, 0.6) is 0 Å². The van der Waals surface area contributed by atoms with E-state index < -0.39 is 0 Å². The molecular formula is C12H14O. The van der Waals surface area contributed by atoms with Crippen LogP contribution >= 0.6 is 0 Å². The fourth-order valence-electron chi connectivity index (χ4n) is 0.668. The third kappa shape index (κ3) is 6.76. The van der Waals surface area contributed by atoms with Gasteiger partial charge in [-0.05, 0) is 18.6 Å². The zero-order valence-corrected chi connectivity index (χ0v) is 7.81. The van der Waals surface area contributed by atoms with Crippen molar-refractivity contribution in [3.05, 3.63) is 54.6 Å². The van der Waals surface area contributed by atoms with Crippen molar-refractivity contribution in [3.8, 4) is 0 Å². The number of carbonyl (C=O) groups excluding carboxylic acids is 1. The van der Waals surface area contributed by atoms with E-state index >= 15 is 0 Å². The minimum Gasteiger partial charge on any atom is -0.299 e. The van der Waals surface area contributed by atoms with Gasteiger partial charge in [-0.15, -0.1) is 0 Å². The molecule has 0 amide bonds. The lowest BCUT2D eigenvalue weighted by molar-refractivity contribution is -0.104. The molecular weight excluding hydrogens is 160 g/mol. The van der Waals surface area contributed by atoms with E-state index in [4.69, 9.17) is 0 Å². The van der Waals surface area contributed by atoms with Crippen LogP contribution in [0, 0.1) is 0 Å². The third-order valence-corrected chi connectivity index (χ3v) is 1.31. The Hall–Kier alpha value is -1.63. The second-order valence-electron chi connectivity index (χ2n) is 2.28. The number of benzene rings is 1. The molecule has 0 aromatic heterocycles. The van der Waals surface area contributed by atoms with Gasteiger partial charge in [0, 0.05) is 0 Å². The molecule has 0 saturated heterocycles. The Bertz CT molecular complexity index is 260. The molecule has 0 spiro atoms. The van der Waals surface area contributed by atoms with Crippen molar-refractivity contribution in [2.75, 3.05) is 0 Å². The molecule has 1 nitrogen and oxygen atoms in total. The zero-order valence-electron chi connectivity index (χ0n) is 7.81. The molecule has 1 aromatic rings. The first kappa shape index (κ1) is 11.4. The van der Waals surface area contributed by atoms with Crippen LogP contribution in [0.4, 0.5) is 0 Å². The third-order valence-electron chi connectivity index (χ3n) is 1.31. The SMILES string of the molecule is C=Cc1ccccc1.CC=CC=O. The van der Waals surface area contributed by atoms with Crippen LogP contribution in [0.25, 0.3) is 6.08 Å². The number of aldehydes is 1. The summed E-state index contributed by atoms with van der Waals surface area (Å²) < 4.78 is 0. The minimum atomic E-state index is 0.750. The van der Waals surface area contributed by atoms with Gasteiger partial charge in [-0.25, -0.2) is 0 Å². The fourth-order valence-corrected chi connectivity index (χ4v) is 0.668. The molecule has 0 atom stereocenters. The summed E-state index contributed by atoms with van der Waals surface area (Å²) in [5, 5.41) is 0. The molecule has 0 bridgehead atoms. The van der Waals surface area contributed by atoms with E-state index in [2.05, 4.69) is 6.58 Å². The molecule has 0 radical (unpaired) electrons. The van der Waals surface area contributed by atoms with E-state index in [1.54, 1.807) is 13.0 Å². The summed E-state index contributed by atoms with van der Waals surface area (Å²) in [6, 6.07) is 10.0. The molecule has 0 unspecified atom stereocenters. The largest absolute Gasteiger partial charge is 0.299 e. The van der Waals surface area contributed by atoms with E-state index in [0.717, 1.165) is 6.29 Å². The van der Waals surface area contributed by atoms with Crippen LogP contribution in [0.3, 0.4) is 0 Å². The highest BCUT2D eigenvalue weighted by atomic mass is 16.1. The number of allylic oxidation sites excluding steroid dienone is 2. The van der Waals surface area contributed by atoms with Crippen LogP contribution in [0.2, 0.25) is 0 Å². The summed E-state index contributed by atoms with van der Waals surface area (Å²) >= 11 is 0. The zero-order chi connectivity index (χ0) is 9.94. The minimum absolute atomic E-state index is 0.750. The molecule has 0 aliphatic heterocycles. The predicted molar refractivity (Wildman–Crippen MR) is 57.4 cm³/mol. The van der Waals surface area contributed by atoms with Crippen LogP contribution < -0.4 is 0 Å². The Kier molecular flexibility index (Phi) is 7.40. The molecule has 0 heterocycles. The van der Waals surface area contributed by atoms with Crippen LogP contribution in [-0.2, 0) is 4.79 Å². The van der Waals surface area contributed by atoms with Gasteiger partial charge in [0.15, 0.2) is 0 Å². The molecule has 0 N–H and O–H groups in total. The van der Waals surface area contributed by atoms with Gasteiger partial charge in [0.1, 0.15) is 6.29 Å². The van der Waals surface area contributed by atoms with Gasteiger partial charge in [0.2, 0.25) is 0 Å². The van der Waals surface area contributed by atoms with Gasteiger partial charge in [0.05, 0.1) is 0 Å². The quantitative estimate of drug-likeness (QED) is 0.497. The first-order valence-corrected chi connectivity index (χ1v) is 4.09. The Morgan fingerprint density at radius 2 is 1.85 bits per heavy atom. The maximum absolute atomic E-state index is 9.32. The van der Waals surface area contributed by atoms with Gasteiger partial charge in [-0.1, -0.05) is 49.1 Å². The van der Waals surface area contributed by atoms with Crippen molar-refractivity contribution in [1.82, 2.24) is 0 Å². The van der Waals surface area contributed by atoms with Crippen LogP contribution in [0.1, 0.15) is 12.5 Å². The molecule has 13 heavy (non-hydrogen) atoms. The summed E-state index contributed by atoms with van der Waals surface area (Å²) in [5.74, 6) is 0. The Morgan fingerprint density at radius 3 is 2.08 bits per heavy atom. The van der Waals surface area contributed by atoms with Gasteiger partial charge in [-0.2, -0.15) is 0 Å². The Labute approximate surface area is 79.4 Å². The van der Waals surface area contributed by atoms with E-state index in [1.807, 2.05) is 36.4 Å². The van der Waals surface area contributed by atoms with Crippen molar-refractivity contribution < 1.29 is 4.79 Å². The number of rotatable bonds is 2. The standard InChI is InChI=1S/C8H8.C4H6O/c1-2-8-6-4-3-5-7-8;1-2-3-4-5/h2-7H,1H2;2-4H,1H3. The number of carbonyl (C=O) groups is 1. The average Bonchev–Trinajstić information content (AvgIpc) is 2.21. The number of hydrogen-bond donors (Lipinski definition) is 0. The molecule has 0 fully saturated rings. The Morgan fingerprint density at radius 1 is 1.23 bits per heavy atom. The van der Waals surface area contributed by atoms with Crippen molar-refractivity contribution in [3.63, 3.8) is 0 Å². The number of hydrogen-bond acceptors (Lipinski definition) is 1. The first-order valence-electron chi connectivity index (χ1n) is 4.09. The maximum atomic E-state index is 9.32. The van der Waals surface area contributed by atoms with Crippen molar-refractivity contribution in [1.29, 1.82) is 0 Å². The second-order valence-corrected chi connectivity index (χ2v) is 2.28. The molecule has 0 saturated carbocycles. The topological polar surface area (TPSA) is 17.1 Å². The van der Waals surface area contributed by atoms with Crippen molar-refractivity contribution >= 4 is 12.4 Å². The average molecular weight is 174 g/mol. The van der Waals surface area contributed by atoms with E-state index in [-0.39, 0.29) is 0 Å². The fraction of sp³-hybridized carbons (Fsp3) is 0.0833. The lowest BCUT2D eigenvalue weighted by atomic mass is 10.2. The molecule has 1 rings (SSSR count). The predicted octanol–water partition coefficient (Wildman–Crippen LogP) is 3.09. The summed E-state index contributed by atoms with van der Waals surface area (Å²) in [4.78, 5) is 9.32. The summed E-state index contributed by atoms with van der Waals surface area (Å²) in [6.07, 6.45) is 5.72. The highest BCUT2D eigenvalue weighted by Gasteiger charge is 1.75. The highest BCUT2D eigenvalue weighted by Crippen LogP contribution is 1.97. The summed E-state index contributed by atoms with van der Waals surface area (Å²) in [7, 11) is 0. The molecule has 1 aromatic carbocycles. The van der Waals surface area contributed by atoms with Gasteiger partial charge in [-0.3, -0.25) is 4.79 Å². The molecule has 1 heteroatoms. The molecule has 0 aliphatic carbocycles. The highest BCUT2D eigenvalue weighted by molar-refractivity contribution is 5.64. The van der Waals surface area contributed by atoms with Crippen molar-refractivity contribution in [2.24, 2.45) is 0 Å². The van der Waals surface area contributed by atoms with Crippen molar-refractivity contribution in [2.45, 2.75) is 6.92 Å². The maximum Gasteiger partial charge on any atom is 0.142 e. The monoisotopic (exact) mass is 174 g/mol. The van der Waals surface area contributed by atoms with Gasteiger partial charge in [0.25, 0.3) is 0 Å². The van der Waals surface area contributed by atoms with Crippen LogP contribution in [-0.4, -0.2) is 6.29 Å². The van der Waals surface area contributed by atoms with E-state index in [0.29, 0.717) is 0 Å². The summed E-state index contributed by atoms with van der Waals surface area (Å²) in [5.41, 5.74) is 1.17.